The highest BCUT2D eigenvalue weighted by Gasteiger charge is 2.36. The first-order valence-electron chi connectivity index (χ1n) is 22.3. The molecule has 2 aromatic heterocycles. The van der Waals surface area contributed by atoms with Gasteiger partial charge in [-0.3, -0.25) is 29.2 Å². The molecule has 14 heteroatoms. The Bertz CT molecular complexity index is 2350. The van der Waals surface area contributed by atoms with Crippen LogP contribution in [0.3, 0.4) is 0 Å². The van der Waals surface area contributed by atoms with Crippen LogP contribution in [0.5, 0.6) is 5.75 Å². The van der Waals surface area contributed by atoms with Crippen LogP contribution < -0.4 is 16.1 Å². The number of fused-ring (bicyclic) bond motifs is 6. The number of carbonyl (C=O) groups excluding carboxylic acids is 4. The van der Waals surface area contributed by atoms with E-state index in [9.17, 15) is 24.3 Å². The Morgan fingerprint density at radius 1 is 1.13 bits per heavy atom. The zero-order chi connectivity index (χ0) is 45.0. The van der Waals surface area contributed by atoms with Crippen LogP contribution in [0, 0.1) is 23.2 Å². The van der Waals surface area contributed by atoms with Crippen LogP contribution in [0.4, 0.5) is 0 Å². The van der Waals surface area contributed by atoms with Crippen LogP contribution in [0.15, 0.2) is 67.4 Å². The highest BCUT2D eigenvalue weighted by atomic mass is 16.5. The van der Waals surface area contributed by atoms with Gasteiger partial charge in [-0.25, -0.2) is 5.43 Å². The number of aryl methyl sites for hydroxylation is 1. The van der Waals surface area contributed by atoms with Crippen LogP contribution in [-0.4, -0.2) is 107 Å². The number of phenols is 1. The summed E-state index contributed by atoms with van der Waals surface area (Å²) in [6.07, 6.45) is 4.97. The summed E-state index contributed by atoms with van der Waals surface area (Å²) in [7, 11) is 1.66. The highest BCUT2D eigenvalue weighted by molar-refractivity contribution is 5.95. The summed E-state index contributed by atoms with van der Waals surface area (Å²) in [6.45, 7) is 17.0. The molecule has 3 amide bonds. The van der Waals surface area contributed by atoms with Gasteiger partial charge >= 0.3 is 5.97 Å². The molecular weight excluding hydrogens is 799 g/mol. The molecule has 0 unspecified atom stereocenters. The number of benzene rings is 2. The summed E-state index contributed by atoms with van der Waals surface area (Å²) in [4.78, 5) is 60.6. The van der Waals surface area contributed by atoms with Gasteiger partial charge < -0.3 is 34.7 Å². The predicted molar refractivity (Wildman–Crippen MR) is 242 cm³/mol. The molecule has 6 bridgehead atoms. The number of aromatic nitrogens is 2. The number of cyclic esters (lactones) is 1. The number of hydrazine groups is 1. The summed E-state index contributed by atoms with van der Waals surface area (Å²) in [6, 6.07) is 15.1. The van der Waals surface area contributed by atoms with Gasteiger partial charge in [-0.1, -0.05) is 46.4 Å². The number of amides is 3. The number of nitrogens with one attached hydrogen (secondary N) is 3. The largest absolute Gasteiger partial charge is 0.508 e. The summed E-state index contributed by atoms with van der Waals surface area (Å²) >= 11 is 0. The van der Waals surface area contributed by atoms with E-state index in [4.69, 9.17) is 14.5 Å². The van der Waals surface area contributed by atoms with Gasteiger partial charge in [0.15, 0.2) is 0 Å². The Morgan fingerprint density at radius 2 is 1.92 bits per heavy atom. The number of carbonyl (C=O) groups is 4. The number of nitrogens with zero attached hydrogens (tertiary/aromatic N) is 4. The lowest BCUT2D eigenvalue weighted by atomic mass is 9.84. The first-order valence-corrected chi connectivity index (χ1v) is 22.3. The molecule has 2 saturated heterocycles. The van der Waals surface area contributed by atoms with Crippen molar-refractivity contribution in [1.29, 1.82) is 0 Å². The SMILES string of the molecule is C=CC(=O)N1CC(NC[C@H](C(=O)NC[C@H]2Cc3cc(O)cc(c3)-c3ccc4c(c3)c(c(-c3cccnc3COC)n4CC)CC(C)(C)COC(=O)[C@@H]3CCCN(N3)C2=O)C(C)C)C1. The Labute approximate surface area is 370 Å². The molecule has 14 nitrogen and oxygen atoms in total. The molecule has 0 radical (unpaired) electrons. The van der Waals surface area contributed by atoms with Gasteiger partial charge in [-0.15, -0.1) is 0 Å². The Morgan fingerprint density at radius 3 is 2.65 bits per heavy atom. The quantitative estimate of drug-likeness (QED) is 0.107. The van der Waals surface area contributed by atoms with Crippen molar-refractivity contribution in [3.8, 4) is 28.1 Å². The van der Waals surface area contributed by atoms with E-state index in [2.05, 4.69) is 72.2 Å². The average molecular weight is 862 g/mol. The Hall–Kier alpha value is -5.57. The molecule has 2 aromatic carbocycles. The van der Waals surface area contributed by atoms with Gasteiger partial charge in [-0.2, -0.15) is 0 Å². The summed E-state index contributed by atoms with van der Waals surface area (Å²) in [5.74, 6) is -2.04. The number of rotatable bonds is 12. The molecule has 0 spiro atoms. The number of pyridine rings is 1. The Balaban J connectivity index is 1.25. The molecule has 7 rings (SSSR count). The fourth-order valence-corrected chi connectivity index (χ4v) is 9.24. The molecule has 0 saturated carbocycles. The number of likely N-dealkylation sites (tertiary alicyclic amines) is 1. The van der Waals surface area contributed by atoms with E-state index in [1.165, 1.54) is 11.1 Å². The van der Waals surface area contributed by atoms with Crippen molar-refractivity contribution in [2.24, 2.45) is 23.2 Å². The van der Waals surface area contributed by atoms with E-state index in [1.807, 2.05) is 26.0 Å². The molecule has 3 atom stereocenters. The number of hydrogen-bond donors (Lipinski definition) is 4. The maximum Gasteiger partial charge on any atom is 0.324 e. The summed E-state index contributed by atoms with van der Waals surface area (Å²) < 4.78 is 14.0. The second kappa shape index (κ2) is 19.4. The fourth-order valence-electron chi connectivity index (χ4n) is 9.24. The van der Waals surface area contributed by atoms with E-state index in [0.717, 1.165) is 50.1 Å². The van der Waals surface area contributed by atoms with Crippen LogP contribution in [0.2, 0.25) is 0 Å². The first-order chi connectivity index (χ1) is 30.2. The van der Waals surface area contributed by atoms with Crippen molar-refractivity contribution in [3.63, 3.8) is 0 Å². The molecular formula is C49H63N7O7. The minimum absolute atomic E-state index is 0.00134. The van der Waals surface area contributed by atoms with Crippen molar-refractivity contribution in [2.45, 2.75) is 85.5 Å². The van der Waals surface area contributed by atoms with E-state index in [-0.39, 0.29) is 60.9 Å². The maximum atomic E-state index is 14.5. The lowest BCUT2D eigenvalue weighted by Gasteiger charge is -2.40. The summed E-state index contributed by atoms with van der Waals surface area (Å²) in [5, 5.41) is 20.3. The second-order valence-electron chi connectivity index (χ2n) is 18.4. The first kappa shape index (κ1) is 45.5. The molecule has 2 fully saturated rings. The highest BCUT2D eigenvalue weighted by Crippen LogP contribution is 2.41. The normalized spacial score (nSPS) is 19.9. The van der Waals surface area contributed by atoms with Crippen molar-refractivity contribution in [2.75, 3.05) is 46.4 Å². The van der Waals surface area contributed by atoms with E-state index >= 15 is 0 Å². The second-order valence-corrected chi connectivity index (χ2v) is 18.4. The third kappa shape index (κ3) is 10.1. The van der Waals surface area contributed by atoms with Gasteiger partial charge in [0.2, 0.25) is 17.7 Å². The summed E-state index contributed by atoms with van der Waals surface area (Å²) in [5.41, 5.74) is 10.1. The monoisotopic (exact) mass is 861 g/mol. The lowest BCUT2D eigenvalue weighted by Crippen LogP contribution is -2.60. The third-order valence-electron chi connectivity index (χ3n) is 12.7. The average Bonchev–Trinajstić information content (AvgIpc) is 3.55. The number of hydrogen-bond acceptors (Lipinski definition) is 10. The predicted octanol–water partition coefficient (Wildman–Crippen LogP) is 5.40. The lowest BCUT2D eigenvalue weighted by molar-refractivity contribution is -0.155. The molecule has 336 valence electrons. The van der Waals surface area contributed by atoms with Gasteiger partial charge in [0, 0.05) is 80.5 Å². The van der Waals surface area contributed by atoms with Crippen LogP contribution in [-0.2, 0) is 54.6 Å². The molecule has 3 aliphatic heterocycles. The van der Waals surface area contributed by atoms with E-state index in [1.54, 1.807) is 30.3 Å². The van der Waals surface area contributed by atoms with Gasteiger partial charge in [0.1, 0.15) is 11.8 Å². The van der Waals surface area contributed by atoms with Gasteiger partial charge in [0.25, 0.3) is 0 Å². The third-order valence-corrected chi connectivity index (χ3v) is 12.7. The zero-order valence-electron chi connectivity index (χ0n) is 37.5. The molecule has 4 aromatic rings. The van der Waals surface area contributed by atoms with Crippen molar-refractivity contribution < 1.29 is 33.8 Å². The zero-order valence-corrected chi connectivity index (χ0v) is 37.5. The number of methoxy groups -OCH3 is 1. The van der Waals surface area contributed by atoms with Crippen LogP contribution in [0.25, 0.3) is 33.3 Å². The Kier molecular flexibility index (Phi) is 14.0. The minimum Gasteiger partial charge on any atom is -0.508 e. The van der Waals surface area contributed by atoms with E-state index in [0.29, 0.717) is 58.6 Å². The van der Waals surface area contributed by atoms with Crippen molar-refractivity contribution in [3.05, 3.63) is 84.2 Å². The molecule has 3 aliphatic rings. The van der Waals surface area contributed by atoms with E-state index < -0.39 is 23.3 Å². The number of ether oxygens (including phenoxy) is 2. The van der Waals surface area contributed by atoms with Crippen LogP contribution in [0.1, 0.15) is 64.3 Å². The molecule has 5 heterocycles. The number of phenolic OH excluding ortho intramolecular Hbond substituents is 1. The number of aromatic hydroxyl groups is 1. The topological polar surface area (TPSA) is 167 Å². The smallest absolute Gasteiger partial charge is 0.324 e. The molecule has 63 heavy (non-hydrogen) atoms. The molecule has 4 N–H and O–H groups in total. The fraction of sp³-hybridized carbons (Fsp3) is 0.490. The van der Waals surface area contributed by atoms with Crippen molar-refractivity contribution in [1.82, 2.24) is 35.5 Å². The van der Waals surface area contributed by atoms with Gasteiger partial charge in [0.05, 0.1) is 36.4 Å². The minimum atomic E-state index is -0.731. The maximum absolute atomic E-state index is 14.5. The molecule has 0 aliphatic carbocycles. The number of esters is 1. The van der Waals surface area contributed by atoms with Gasteiger partial charge in [-0.05, 0) is 103 Å². The standard InChI is InChI=1S/C49H63N7O7/c1-8-44(58)54-26-35(27-54)51-25-40(30(3)4)46(59)52-24-34-19-31-18-33(21-36(57)20-31)32-14-15-43-38(22-32)39(45(55(43)9-2)37-12-10-16-50-42(37)28-62-7)23-49(5,6)29-63-48(61)41-13-11-17-56(53-41)47(34)60/h8,10,12,14-16,18,20-22,30,34-35,40-41,51,53,57H,1,9,11,13,17,19,23-29H2,2-7H3,(H,52,59)/t34-,40+,41+/m1/s1. The van der Waals surface area contributed by atoms with Crippen molar-refractivity contribution >= 4 is 34.6 Å². The van der Waals surface area contributed by atoms with Crippen LogP contribution >= 0.6 is 0 Å².